The first kappa shape index (κ1) is 15.2. The van der Waals surface area contributed by atoms with Crippen LogP contribution in [0.2, 0.25) is 5.02 Å². The van der Waals surface area contributed by atoms with E-state index in [0.717, 1.165) is 0 Å². The fourth-order valence-electron chi connectivity index (χ4n) is 1.50. The SMILES string of the molecule is COCCC(Nc1cccc(Cl)c1[N+](=O)[O-])C(=O)O. The molecular weight excluding hydrogens is 276 g/mol. The number of anilines is 1. The van der Waals surface area contributed by atoms with E-state index >= 15 is 0 Å². The minimum Gasteiger partial charge on any atom is -0.480 e. The average Bonchev–Trinajstić information content (AvgIpc) is 2.33. The topological polar surface area (TPSA) is 102 Å². The number of halogens is 1. The van der Waals surface area contributed by atoms with E-state index in [1.165, 1.54) is 25.3 Å². The van der Waals surface area contributed by atoms with Gasteiger partial charge in [-0.1, -0.05) is 17.7 Å². The van der Waals surface area contributed by atoms with E-state index in [1.807, 2.05) is 0 Å². The van der Waals surface area contributed by atoms with Crippen LogP contribution in [0.25, 0.3) is 0 Å². The number of carboxylic acid groups (broad SMARTS) is 1. The zero-order valence-corrected chi connectivity index (χ0v) is 10.9. The van der Waals surface area contributed by atoms with Crippen LogP contribution in [-0.4, -0.2) is 35.8 Å². The highest BCUT2D eigenvalue weighted by molar-refractivity contribution is 6.33. The van der Waals surface area contributed by atoms with Crippen molar-refractivity contribution >= 4 is 28.9 Å². The lowest BCUT2D eigenvalue weighted by Gasteiger charge is -2.15. The molecule has 0 aliphatic rings. The van der Waals surface area contributed by atoms with Crippen molar-refractivity contribution in [2.24, 2.45) is 0 Å². The molecule has 8 heteroatoms. The van der Waals surface area contributed by atoms with E-state index in [4.69, 9.17) is 21.4 Å². The molecule has 1 rings (SSSR count). The van der Waals surface area contributed by atoms with Crippen LogP contribution in [0.15, 0.2) is 18.2 Å². The Bertz CT molecular complexity index is 480. The number of hydrogen-bond acceptors (Lipinski definition) is 5. The van der Waals surface area contributed by atoms with E-state index in [2.05, 4.69) is 5.32 Å². The summed E-state index contributed by atoms with van der Waals surface area (Å²) in [5.74, 6) is -1.12. The molecule has 1 atom stereocenters. The molecule has 0 aliphatic heterocycles. The van der Waals surface area contributed by atoms with Gasteiger partial charge >= 0.3 is 11.7 Å². The van der Waals surface area contributed by atoms with Gasteiger partial charge in [-0.2, -0.15) is 0 Å². The fraction of sp³-hybridized carbons (Fsp3) is 0.364. The summed E-state index contributed by atoms with van der Waals surface area (Å²) >= 11 is 5.74. The zero-order valence-electron chi connectivity index (χ0n) is 10.1. The number of methoxy groups -OCH3 is 1. The number of carbonyl (C=O) groups is 1. The first-order valence-electron chi connectivity index (χ1n) is 5.38. The van der Waals surface area contributed by atoms with E-state index in [9.17, 15) is 14.9 Å². The molecule has 7 nitrogen and oxygen atoms in total. The predicted molar refractivity (Wildman–Crippen MR) is 69.6 cm³/mol. The standard InChI is InChI=1S/C11H13ClN2O5/c1-19-6-5-9(11(15)16)13-8-4-2-3-7(12)10(8)14(17)18/h2-4,9,13H,5-6H2,1H3,(H,15,16). The van der Waals surface area contributed by atoms with Crippen molar-refractivity contribution in [1.82, 2.24) is 0 Å². The largest absolute Gasteiger partial charge is 0.480 e. The molecule has 0 amide bonds. The van der Waals surface area contributed by atoms with Gasteiger partial charge in [0.15, 0.2) is 0 Å². The highest BCUT2D eigenvalue weighted by Gasteiger charge is 2.23. The lowest BCUT2D eigenvalue weighted by Crippen LogP contribution is -2.30. The number of nitrogens with zero attached hydrogens (tertiary/aromatic N) is 1. The molecule has 0 spiro atoms. The maximum Gasteiger partial charge on any atom is 0.326 e. The number of nitro benzene ring substituents is 1. The normalized spacial score (nSPS) is 11.9. The molecule has 0 aliphatic carbocycles. The second-order valence-corrected chi connectivity index (χ2v) is 4.12. The number of para-hydroxylation sites is 1. The highest BCUT2D eigenvalue weighted by Crippen LogP contribution is 2.32. The highest BCUT2D eigenvalue weighted by atomic mass is 35.5. The Hall–Kier alpha value is -1.86. The molecule has 1 unspecified atom stereocenters. The summed E-state index contributed by atoms with van der Waals surface area (Å²) in [6, 6.07) is 3.30. The molecule has 0 saturated carbocycles. The van der Waals surface area contributed by atoms with Crippen LogP contribution in [0.5, 0.6) is 0 Å². The third kappa shape index (κ3) is 4.08. The van der Waals surface area contributed by atoms with E-state index in [1.54, 1.807) is 0 Å². The fourth-order valence-corrected chi connectivity index (χ4v) is 1.74. The van der Waals surface area contributed by atoms with Crippen LogP contribution in [0.3, 0.4) is 0 Å². The number of rotatable bonds is 7. The Morgan fingerprint density at radius 2 is 2.32 bits per heavy atom. The van der Waals surface area contributed by atoms with E-state index < -0.39 is 16.9 Å². The van der Waals surface area contributed by atoms with Crippen molar-refractivity contribution in [3.63, 3.8) is 0 Å². The predicted octanol–water partition coefficient (Wildman–Crippen LogP) is 2.15. The lowest BCUT2D eigenvalue weighted by molar-refractivity contribution is -0.383. The summed E-state index contributed by atoms with van der Waals surface area (Å²) in [5, 5.41) is 22.5. The summed E-state index contributed by atoms with van der Waals surface area (Å²) in [6.07, 6.45) is 0.176. The van der Waals surface area contributed by atoms with Crippen molar-refractivity contribution in [1.29, 1.82) is 0 Å². The molecule has 19 heavy (non-hydrogen) atoms. The van der Waals surface area contributed by atoms with E-state index in [0.29, 0.717) is 0 Å². The maximum atomic E-state index is 11.1. The Morgan fingerprint density at radius 3 is 2.84 bits per heavy atom. The van der Waals surface area contributed by atoms with Crippen molar-refractivity contribution in [2.45, 2.75) is 12.5 Å². The van der Waals surface area contributed by atoms with Gasteiger partial charge in [0.2, 0.25) is 0 Å². The van der Waals surface area contributed by atoms with Gasteiger partial charge in [0.1, 0.15) is 16.8 Å². The quantitative estimate of drug-likeness (QED) is 0.589. The van der Waals surface area contributed by atoms with Crippen molar-refractivity contribution in [3.8, 4) is 0 Å². The summed E-state index contributed by atoms with van der Waals surface area (Å²) in [6.45, 7) is 0.221. The minimum absolute atomic E-state index is 0.0501. The van der Waals surface area contributed by atoms with Crippen LogP contribution >= 0.6 is 11.6 Å². The Morgan fingerprint density at radius 1 is 1.63 bits per heavy atom. The molecule has 0 bridgehead atoms. The molecule has 2 N–H and O–H groups in total. The van der Waals surface area contributed by atoms with Gasteiger partial charge in [-0.3, -0.25) is 10.1 Å². The number of nitrogens with one attached hydrogen (secondary N) is 1. The Kier molecular flexibility index (Phi) is 5.53. The van der Waals surface area contributed by atoms with E-state index in [-0.39, 0.29) is 29.4 Å². The second-order valence-electron chi connectivity index (χ2n) is 3.71. The van der Waals surface area contributed by atoms with Gasteiger partial charge < -0.3 is 15.2 Å². The van der Waals surface area contributed by atoms with Crippen LogP contribution in [0.4, 0.5) is 11.4 Å². The molecule has 1 aromatic carbocycles. The van der Waals surface area contributed by atoms with Gasteiger partial charge in [-0.05, 0) is 12.1 Å². The molecule has 0 saturated heterocycles. The Labute approximate surface area is 114 Å². The van der Waals surface area contributed by atoms with Crippen molar-refractivity contribution < 1.29 is 19.6 Å². The minimum atomic E-state index is -1.12. The van der Waals surface area contributed by atoms with Crippen LogP contribution in [-0.2, 0) is 9.53 Å². The van der Waals surface area contributed by atoms with Crippen LogP contribution in [0, 0.1) is 10.1 Å². The average molecular weight is 289 g/mol. The zero-order chi connectivity index (χ0) is 14.4. The lowest BCUT2D eigenvalue weighted by atomic mass is 10.2. The molecule has 1 aromatic rings. The molecule has 104 valence electrons. The number of hydrogen-bond donors (Lipinski definition) is 2. The van der Waals surface area contributed by atoms with Crippen molar-refractivity contribution in [3.05, 3.63) is 33.3 Å². The third-order valence-electron chi connectivity index (χ3n) is 2.41. The van der Waals surface area contributed by atoms with Gasteiger partial charge in [-0.15, -0.1) is 0 Å². The number of benzene rings is 1. The third-order valence-corrected chi connectivity index (χ3v) is 2.71. The molecule has 0 fully saturated rings. The van der Waals surface area contributed by atoms with Gasteiger partial charge in [0.25, 0.3) is 0 Å². The Balaban J connectivity index is 2.99. The number of carboxylic acids is 1. The first-order valence-corrected chi connectivity index (χ1v) is 5.76. The first-order chi connectivity index (χ1) is 8.97. The molecular formula is C11H13ClN2O5. The number of nitro groups is 1. The summed E-state index contributed by atoms with van der Waals surface area (Å²) < 4.78 is 4.80. The summed E-state index contributed by atoms with van der Waals surface area (Å²) in [5.41, 5.74) is -0.270. The monoisotopic (exact) mass is 288 g/mol. The van der Waals surface area contributed by atoms with Gasteiger partial charge in [-0.25, -0.2) is 4.79 Å². The molecule has 0 aromatic heterocycles. The summed E-state index contributed by atoms with van der Waals surface area (Å²) in [4.78, 5) is 21.3. The number of aliphatic carboxylic acids is 1. The van der Waals surface area contributed by atoms with Gasteiger partial charge in [0.05, 0.1) is 4.92 Å². The van der Waals surface area contributed by atoms with Crippen LogP contribution < -0.4 is 5.32 Å². The second kappa shape index (κ2) is 6.91. The molecule has 0 radical (unpaired) electrons. The van der Waals surface area contributed by atoms with Crippen LogP contribution in [0.1, 0.15) is 6.42 Å². The molecule has 0 heterocycles. The number of ether oxygens (including phenoxy) is 1. The maximum absolute atomic E-state index is 11.1. The van der Waals surface area contributed by atoms with Gasteiger partial charge in [0, 0.05) is 20.1 Å². The van der Waals surface area contributed by atoms with Crippen molar-refractivity contribution in [2.75, 3.05) is 19.0 Å². The summed E-state index contributed by atoms with van der Waals surface area (Å²) in [7, 11) is 1.45. The smallest absolute Gasteiger partial charge is 0.326 e.